The molecule has 3 aromatic rings. The zero-order chi connectivity index (χ0) is 17.9. The Labute approximate surface area is 155 Å². The number of nitrogens with zero attached hydrogens (tertiary/aromatic N) is 5. The zero-order valence-electron chi connectivity index (χ0n) is 14.0. The van der Waals surface area contributed by atoms with Crippen LogP contribution in [0.1, 0.15) is 18.4 Å². The number of anilines is 1. The maximum Gasteiger partial charge on any atom is 0.226 e. The maximum atomic E-state index is 12.6. The van der Waals surface area contributed by atoms with Crippen molar-refractivity contribution < 1.29 is 4.79 Å². The summed E-state index contributed by atoms with van der Waals surface area (Å²) in [4.78, 5) is 34.3. The molecule has 1 fully saturated rings. The molecule has 1 aliphatic heterocycles. The third-order valence-corrected chi connectivity index (χ3v) is 4.72. The minimum atomic E-state index is -0.0997. The summed E-state index contributed by atoms with van der Waals surface area (Å²) in [6.07, 6.45) is 6.77. The van der Waals surface area contributed by atoms with E-state index in [2.05, 4.69) is 35.1 Å². The van der Waals surface area contributed by atoms with Crippen molar-refractivity contribution in [2.45, 2.75) is 19.4 Å². The number of amides is 1. The third kappa shape index (κ3) is 3.45. The van der Waals surface area contributed by atoms with E-state index < -0.39 is 0 Å². The first-order valence-electron chi connectivity index (χ1n) is 8.49. The van der Waals surface area contributed by atoms with Crippen molar-refractivity contribution in [1.82, 2.24) is 30.2 Å². The van der Waals surface area contributed by atoms with Crippen molar-refractivity contribution in [3.05, 3.63) is 41.7 Å². The highest BCUT2D eigenvalue weighted by molar-refractivity contribution is 6.28. The van der Waals surface area contributed by atoms with Gasteiger partial charge in [-0.15, -0.1) is 0 Å². The predicted octanol–water partition coefficient (Wildman–Crippen LogP) is 1.93. The van der Waals surface area contributed by atoms with E-state index >= 15 is 0 Å². The molecule has 1 saturated heterocycles. The molecule has 0 bridgehead atoms. The molecule has 8 nitrogen and oxygen atoms in total. The van der Waals surface area contributed by atoms with Crippen LogP contribution in [-0.2, 0) is 11.3 Å². The molecule has 9 heteroatoms. The van der Waals surface area contributed by atoms with Gasteiger partial charge in [0.05, 0.1) is 12.2 Å². The molecule has 4 rings (SSSR count). The summed E-state index contributed by atoms with van der Waals surface area (Å²) in [6, 6.07) is 3.79. The van der Waals surface area contributed by atoms with Crippen molar-refractivity contribution in [3.8, 4) is 0 Å². The first kappa shape index (κ1) is 16.7. The molecule has 0 saturated carbocycles. The summed E-state index contributed by atoms with van der Waals surface area (Å²) in [5, 5.41) is 3.17. The summed E-state index contributed by atoms with van der Waals surface area (Å²) in [7, 11) is 0. The number of hydrogen-bond donors (Lipinski definition) is 2. The molecule has 26 heavy (non-hydrogen) atoms. The van der Waals surface area contributed by atoms with E-state index in [9.17, 15) is 4.79 Å². The van der Waals surface area contributed by atoms with Crippen LogP contribution in [0.2, 0.25) is 5.28 Å². The molecule has 1 amide bonds. The second-order valence-corrected chi connectivity index (χ2v) is 6.61. The Morgan fingerprint density at radius 3 is 3.04 bits per heavy atom. The maximum absolute atomic E-state index is 12.6. The van der Waals surface area contributed by atoms with E-state index in [0.29, 0.717) is 24.6 Å². The number of aromatic nitrogens is 5. The monoisotopic (exact) mass is 371 g/mol. The van der Waals surface area contributed by atoms with Crippen LogP contribution in [0.25, 0.3) is 11.2 Å². The number of fused-ring (bicyclic) bond motifs is 1. The second-order valence-electron chi connectivity index (χ2n) is 6.28. The lowest BCUT2D eigenvalue weighted by Gasteiger charge is -2.33. The largest absolute Gasteiger partial charge is 0.354 e. The lowest BCUT2D eigenvalue weighted by atomic mass is 9.97. The van der Waals surface area contributed by atoms with E-state index in [1.807, 2.05) is 12.1 Å². The molecular weight excluding hydrogens is 354 g/mol. The first-order valence-corrected chi connectivity index (χ1v) is 8.86. The number of hydrogen-bond acceptors (Lipinski definition) is 6. The second kappa shape index (κ2) is 7.25. The van der Waals surface area contributed by atoms with E-state index in [1.54, 1.807) is 18.7 Å². The molecule has 0 unspecified atom stereocenters. The van der Waals surface area contributed by atoms with E-state index in [-0.39, 0.29) is 17.1 Å². The number of carbonyl (C=O) groups excluding carboxylic acids is 1. The van der Waals surface area contributed by atoms with Gasteiger partial charge in [0.1, 0.15) is 5.52 Å². The SMILES string of the molecule is O=C(NCc1ccncc1)[C@H]1CCCN(c2nc(Cl)nc3nc[nH]c23)C1. The van der Waals surface area contributed by atoms with Gasteiger partial charge < -0.3 is 15.2 Å². The quantitative estimate of drug-likeness (QED) is 0.680. The molecule has 1 atom stereocenters. The minimum absolute atomic E-state index is 0.0486. The van der Waals surface area contributed by atoms with E-state index in [0.717, 1.165) is 30.5 Å². The number of rotatable bonds is 4. The topological polar surface area (TPSA) is 99.7 Å². The van der Waals surface area contributed by atoms with Crippen LogP contribution in [0.15, 0.2) is 30.9 Å². The van der Waals surface area contributed by atoms with Gasteiger partial charge >= 0.3 is 0 Å². The standard InChI is InChI=1S/C17H18ClN7O/c18-17-23-14-13(21-10-22-14)15(24-17)25-7-1-2-12(9-25)16(26)20-8-11-3-5-19-6-4-11/h3-6,10,12H,1-2,7-9H2,(H,20,26)(H,21,22,23,24)/t12-/m0/s1. The van der Waals surface area contributed by atoms with Crippen LogP contribution in [0, 0.1) is 5.92 Å². The van der Waals surface area contributed by atoms with Crippen molar-refractivity contribution in [1.29, 1.82) is 0 Å². The zero-order valence-corrected chi connectivity index (χ0v) is 14.8. The molecule has 0 aliphatic carbocycles. The lowest BCUT2D eigenvalue weighted by molar-refractivity contribution is -0.125. The molecule has 3 aromatic heterocycles. The van der Waals surface area contributed by atoms with Crippen LogP contribution >= 0.6 is 11.6 Å². The molecule has 134 valence electrons. The van der Waals surface area contributed by atoms with Gasteiger partial charge in [0.2, 0.25) is 11.2 Å². The van der Waals surface area contributed by atoms with Crippen LogP contribution in [-0.4, -0.2) is 43.9 Å². The summed E-state index contributed by atoms with van der Waals surface area (Å²) in [6.45, 7) is 1.90. The highest BCUT2D eigenvalue weighted by Gasteiger charge is 2.28. The molecule has 4 heterocycles. The van der Waals surface area contributed by atoms with Crippen LogP contribution in [0.5, 0.6) is 0 Å². The van der Waals surface area contributed by atoms with Crippen molar-refractivity contribution in [2.75, 3.05) is 18.0 Å². The number of piperidine rings is 1. The Kier molecular flexibility index (Phi) is 4.66. The molecule has 0 aromatic carbocycles. The summed E-state index contributed by atoms with van der Waals surface area (Å²) < 4.78 is 0. The van der Waals surface area contributed by atoms with Crippen LogP contribution in [0.4, 0.5) is 5.82 Å². The summed E-state index contributed by atoms with van der Waals surface area (Å²) in [5.74, 6) is 0.647. The van der Waals surface area contributed by atoms with Crippen LogP contribution < -0.4 is 10.2 Å². The molecule has 1 aliphatic rings. The van der Waals surface area contributed by atoms with Gasteiger partial charge in [-0.05, 0) is 42.1 Å². The van der Waals surface area contributed by atoms with Gasteiger partial charge in [0.15, 0.2) is 11.5 Å². The normalized spacial score (nSPS) is 17.4. The Morgan fingerprint density at radius 1 is 1.35 bits per heavy atom. The smallest absolute Gasteiger partial charge is 0.226 e. The number of carbonyl (C=O) groups is 1. The number of aromatic amines is 1. The number of imidazole rings is 1. The van der Waals surface area contributed by atoms with Gasteiger partial charge in [-0.1, -0.05) is 0 Å². The van der Waals surface area contributed by atoms with Gasteiger partial charge in [0.25, 0.3) is 0 Å². The molecule has 0 spiro atoms. The van der Waals surface area contributed by atoms with Crippen molar-refractivity contribution in [3.63, 3.8) is 0 Å². The Balaban J connectivity index is 1.47. The highest BCUT2D eigenvalue weighted by Crippen LogP contribution is 2.27. The number of halogens is 1. The number of H-pyrrole nitrogens is 1. The van der Waals surface area contributed by atoms with Gasteiger partial charge in [-0.3, -0.25) is 9.78 Å². The fourth-order valence-corrected chi connectivity index (χ4v) is 3.40. The Morgan fingerprint density at radius 2 is 2.19 bits per heavy atom. The van der Waals surface area contributed by atoms with E-state index in [1.165, 1.54) is 0 Å². The number of nitrogens with one attached hydrogen (secondary N) is 2. The van der Waals surface area contributed by atoms with Crippen LogP contribution in [0.3, 0.4) is 0 Å². The van der Waals surface area contributed by atoms with Gasteiger partial charge in [-0.25, -0.2) is 4.98 Å². The van der Waals surface area contributed by atoms with Gasteiger partial charge in [0, 0.05) is 32.0 Å². The first-order chi connectivity index (χ1) is 12.7. The van der Waals surface area contributed by atoms with Gasteiger partial charge in [-0.2, -0.15) is 9.97 Å². The lowest BCUT2D eigenvalue weighted by Crippen LogP contribution is -2.43. The predicted molar refractivity (Wildman–Crippen MR) is 97.7 cm³/mol. The Bertz CT molecular complexity index is 914. The summed E-state index contributed by atoms with van der Waals surface area (Å²) in [5.41, 5.74) is 2.30. The third-order valence-electron chi connectivity index (χ3n) is 4.55. The average molecular weight is 372 g/mol. The minimum Gasteiger partial charge on any atom is -0.354 e. The molecule has 2 N–H and O–H groups in total. The van der Waals surface area contributed by atoms with Crippen molar-refractivity contribution in [2.24, 2.45) is 5.92 Å². The number of pyridine rings is 1. The summed E-state index contributed by atoms with van der Waals surface area (Å²) >= 11 is 6.03. The highest BCUT2D eigenvalue weighted by atomic mass is 35.5. The fourth-order valence-electron chi connectivity index (χ4n) is 3.24. The van der Waals surface area contributed by atoms with E-state index in [4.69, 9.17) is 11.6 Å². The average Bonchev–Trinajstić information content (AvgIpc) is 3.14. The van der Waals surface area contributed by atoms with Crippen molar-refractivity contribution >= 4 is 34.5 Å². The molecular formula is C17H18ClN7O. The Hall–Kier alpha value is -2.74. The molecule has 0 radical (unpaired) electrons. The fraction of sp³-hybridized carbons (Fsp3) is 0.353.